The van der Waals surface area contributed by atoms with Crippen molar-refractivity contribution < 1.29 is 27.0 Å². The van der Waals surface area contributed by atoms with Crippen LogP contribution in [0.25, 0.3) is 0 Å². The van der Waals surface area contributed by atoms with Crippen molar-refractivity contribution in [3.05, 3.63) is 82.9 Å². The highest BCUT2D eigenvalue weighted by Crippen LogP contribution is 2.31. The molecule has 0 saturated carbocycles. The van der Waals surface area contributed by atoms with Crippen LogP contribution in [0.1, 0.15) is 25.0 Å². The summed E-state index contributed by atoms with van der Waals surface area (Å²) < 4.78 is 62.0. The molecule has 3 rings (SSSR count). The highest BCUT2D eigenvalue weighted by atomic mass is 35.5. The van der Waals surface area contributed by atoms with Crippen molar-refractivity contribution in [1.29, 1.82) is 0 Å². The highest BCUT2D eigenvalue weighted by molar-refractivity contribution is 7.80. The summed E-state index contributed by atoms with van der Waals surface area (Å²) in [4.78, 5) is 1.99. The summed E-state index contributed by atoms with van der Waals surface area (Å²) >= 11 is 10.7. The molecule has 0 fully saturated rings. The maximum atomic E-state index is 13.3. The molecule has 3 aromatic carbocycles. The van der Waals surface area contributed by atoms with Gasteiger partial charge in [0.05, 0.1) is 0 Å². The summed E-state index contributed by atoms with van der Waals surface area (Å²) in [5, 5.41) is 0.672. The van der Waals surface area contributed by atoms with Gasteiger partial charge in [-0.15, -0.1) is 0 Å². The van der Waals surface area contributed by atoms with Gasteiger partial charge in [0.25, 0.3) is 0 Å². The van der Waals surface area contributed by atoms with Crippen LogP contribution >= 0.6 is 24.2 Å². The fraction of sp³-hybridized carbons (Fsp3) is 0.308. The lowest BCUT2D eigenvalue weighted by Crippen LogP contribution is -2.33. The lowest BCUT2D eigenvalue weighted by atomic mass is 10.1. The first-order valence-corrected chi connectivity index (χ1v) is 11.9. The van der Waals surface area contributed by atoms with E-state index in [1.165, 1.54) is 18.2 Å². The molecule has 35 heavy (non-hydrogen) atoms. The zero-order valence-corrected chi connectivity index (χ0v) is 20.9. The van der Waals surface area contributed by atoms with Crippen molar-refractivity contribution in [2.45, 2.75) is 44.6 Å². The first kappa shape index (κ1) is 27.0. The Labute approximate surface area is 213 Å². The zero-order chi connectivity index (χ0) is 25.6. The third kappa shape index (κ3) is 7.70. The van der Waals surface area contributed by atoms with Gasteiger partial charge in [0, 0.05) is 35.1 Å². The average molecular weight is 528 g/mol. The van der Waals surface area contributed by atoms with E-state index in [0.717, 1.165) is 17.7 Å². The summed E-state index contributed by atoms with van der Waals surface area (Å²) in [6, 6.07) is 18.7. The second-order valence-electron chi connectivity index (χ2n) is 8.05. The molecule has 3 nitrogen and oxygen atoms in total. The number of ether oxygens (including phenoxy) is 2. The van der Waals surface area contributed by atoms with Crippen molar-refractivity contribution >= 4 is 29.9 Å². The Balaban J connectivity index is 1.82. The molecule has 9 heteroatoms. The van der Waals surface area contributed by atoms with E-state index in [9.17, 15) is 17.6 Å². The Morgan fingerprint density at radius 1 is 0.971 bits per heavy atom. The molecule has 0 aliphatic rings. The molecular formula is C26H26ClF4NO2S. The smallest absolute Gasteiger partial charge is 0.457 e. The van der Waals surface area contributed by atoms with Gasteiger partial charge in [-0.25, -0.2) is 0 Å². The monoisotopic (exact) mass is 527 g/mol. The molecular weight excluding hydrogens is 502 g/mol. The van der Waals surface area contributed by atoms with Gasteiger partial charge in [-0.2, -0.15) is 30.2 Å². The first-order chi connectivity index (χ1) is 16.6. The van der Waals surface area contributed by atoms with Crippen LogP contribution in [0.4, 0.5) is 23.2 Å². The van der Waals surface area contributed by atoms with E-state index in [2.05, 4.69) is 17.4 Å². The van der Waals surface area contributed by atoms with Gasteiger partial charge in [0.2, 0.25) is 0 Å². The lowest BCUT2D eigenvalue weighted by molar-refractivity contribution is -0.253. The number of nitrogens with zero attached hydrogens (tertiary/aromatic N) is 1. The SMILES string of the molecule is CCc1cc(Oc2cccc(N(Cc3cccc(OC(F)(F)C(F)F)c3)CC(C)S)c2)ccc1Cl. The number of rotatable bonds is 11. The summed E-state index contributed by atoms with van der Waals surface area (Å²) in [7, 11) is 0. The molecule has 0 N–H and O–H groups in total. The largest absolute Gasteiger partial charge is 0.461 e. The Morgan fingerprint density at radius 2 is 1.66 bits per heavy atom. The molecule has 0 amide bonds. The fourth-order valence-corrected chi connectivity index (χ4v) is 3.92. The minimum Gasteiger partial charge on any atom is -0.457 e. The minimum atomic E-state index is -4.57. The second kappa shape index (κ2) is 11.9. The number of halogens is 5. The maximum Gasteiger partial charge on any atom is 0.461 e. The summed E-state index contributed by atoms with van der Waals surface area (Å²) in [5.41, 5.74) is 2.40. The predicted octanol–water partition coefficient (Wildman–Crippen LogP) is 8.26. The van der Waals surface area contributed by atoms with Crippen LogP contribution in [0, 0.1) is 0 Å². The van der Waals surface area contributed by atoms with Crippen LogP contribution < -0.4 is 14.4 Å². The van der Waals surface area contributed by atoms with Gasteiger partial charge >= 0.3 is 12.5 Å². The van der Waals surface area contributed by atoms with Crippen molar-refractivity contribution in [2.75, 3.05) is 11.4 Å². The Hall–Kier alpha value is -2.58. The number of hydrogen-bond donors (Lipinski definition) is 1. The second-order valence-corrected chi connectivity index (χ2v) is 9.34. The van der Waals surface area contributed by atoms with Crippen molar-refractivity contribution in [3.63, 3.8) is 0 Å². The number of anilines is 1. The molecule has 0 heterocycles. The van der Waals surface area contributed by atoms with E-state index in [4.69, 9.17) is 16.3 Å². The van der Waals surface area contributed by atoms with Crippen LogP contribution in [-0.4, -0.2) is 24.3 Å². The average Bonchev–Trinajstić information content (AvgIpc) is 2.79. The minimum absolute atomic E-state index is 0.00875. The molecule has 1 unspecified atom stereocenters. The Bertz CT molecular complexity index is 1130. The number of hydrogen-bond acceptors (Lipinski definition) is 4. The molecule has 0 radical (unpaired) electrons. The third-order valence-corrected chi connectivity index (χ3v) is 5.61. The molecule has 0 aromatic heterocycles. The van der Waals surface area contributed by atoms with Gasteiger partial charge in [0.1, 0.15) is 17.2 Å². The highest BCUT2D eigenvalue weighted by Gasteiger charge is 2.44. The molecule has 0 aliphatic heterocycles. The van der Waals surface area contributed by atoms with Crippen molar-refractivity contribution in [1.82, 2.24) is 0 Å². The Morgan fingerprint density at radius 3 is 2.34 bits per heavy atom. The summed E-state index contributed by atoms with van der Waals surface area (Å²) in [6.07, 6.45) is -7.72. The molecule has 0 aliphatic carbocycles. The van der Waals surface area contributed by atoms with E-state index in [-0.39, 0.29) is 11.0 Å². The summed E-state index contributed by atoms with van der Waals surface area (Å²) in [6.45, 7) is 4.79. The van der Waals surface area contributed by atoms with Gasteiger partial charge in [0.15, 0.2) is 0 Å². The number of alkyl halides is 4. The quantitative estimate of drug-likeness (QED) is 0.200. The van der Waals surface area contributed by atoms with Crippen LogP contribution in [-0.2, 0) is 13.0 Å². The van der Waals surface area contributed by atoms with Gasteiger partial charge < -0.3 is 14.4 Å². The number of aryl methyl sites for hydroxylation is 1. The molecule has 3 aromatic rings. The number of benzene rings is 3. The van der Waals surface area contributed by atoms with Gasteiger partial charge in [-0.1, -0.05) is 43.6 Å². The van der Waals surface area contributed by atoms with Crippen LogP contribution in [0.2, 0.25) is 5.02 Å². The van der Waals surface area contributed by atoms with E-state index in [1.807, 2.05) is 49.1 Å². The van der Waals surface area contributed by atoms with E-state index < -0.39 is 12.5 Å². The third-order valence-electron chi connectivity index (χ3n) is 5.08. The standard InChI is InChI=1S/C26H26ClF4NO2S/c1-3-19-13-22(10-11-24(19)27)33-21-8-5-7-20(14-21)32(15-17(2)35)16-18-6-4-9-23(12-18)34-26(30,31)25(28)29/h4-14,17,25,35H,3,15-16H2,1-2H3. The van der Waals surface area contributed by atoms with Crippen LogP contribution in [0.5, 0.6) is 17.2 Å². The fourth-order valence-electron chi connectivity index (χ4n) is 3.47. The van der Waals surface area contributed by atoms with Gasteiger partial charge in [-0.05, 0) is 60.0 Å². The van der Waals surface area contributed by atoms with E-state index >= 15 is 0 Å². The van der Waals surface area contributed by atoms with Gasteiger partial charge in [-0.3, -0.25) is 0 Å². The van der Waals surface area contributed by atoms with Crippen molar-refractivity contribution in [3.8, 4) is 17.2 Å². The lowest BCUT2D eigenvalue weighted by Gasteiger charge is -2.27. The Kier molecular flexibility index (Phi) is 9.19. The zero-order valence-electron chi connectivity index (χ0n) is 19.2. The normalized spacial score (nSPS) is 12.5. The molecule has 1 atom stereocenters. The topological polar surface area (TPSA) is 21.7 Å². The molecule has 0 bridgehead atoms. The molecule has 0 spiro atoms. The van der Waals surface area contributed by atoms with Crippen LogP contribution in [0.3, 0.4) is 0 Å². The van der Waals surface area contributed by atoms with E-state index in [1.54, 1.807) is 18.2 Å². The molecule has 0 saturated heterocycles. The first-order valence-electron chi connectivity index (χ1n) is 11.0. The maximum absolute atomic E-state index is 13.3. The number of thiol groups is 1. The predicted molar refractivity (Wildman–Crippen MR) is 135 cm³/mol. The van der Waals surface area contributed by atoms with Crippen molar-refractivity contribution in [2.24, 2.45) is 0 Å². The molecule has 188 valence electrons. The van der Waals surface area contributed by atoms with Crippen LogP contribution in [0.15, 0.2) is 66.7 Å². The van der Waals surface area contributed by atoms with E-state index in [0.29, 0.717) is 35.2 Å². The summed E-state index contributed by atoms with van der Waals surface area (Å²) in [5.74, 6) is 0.929.